The zero-order chi connectivity index (χ0) is 28.5. The number of hydrazone groups is 1. The van der Waals surface area contributed by atoms with E-state index in [1.54, 1.807) is 12.1 Å². The van der Waals surface area contributed by atoms with Gasteiger partial charge in [0.1, 0.15) is 0 Å². The Morgan fingerprint density at radius 2 is 1.52 bits per heavy atom. The summed E-state index contributed by atoms with van der Waals surface area (Å²) in [6.07, 6.45) is 0.367. The molecule has 1 saturated heterocycles. The van der Waals surface area contributed by atoms with Gasteiger partial charge in [0.25, 0.3) is 20.2 Å². The van der Waals surface area contributed by atoms with E-state index in [2.05, 4.69) is 9.71 Å². The number of nitrogens with two attached hydrogens (primary N) is 1. The maximum absolute atomic E-state index is 13.4. The van der Waals surface area contributed by atoms with Gasteiger partial charge in [-0.3, -0.25) is 0 Å². The molecule has 10 nitrogen and oxygen atoms in total. The summed E-state index contributed by atoms with van der Waals surface area (Å²) in [5.74, 6) is -0.238. The number of hydrogen-bond donors (Lipinski definition) is 2. The number of aliphatic imine (C=N–C) groups is 1. The van der Waals surface area contributed by atoms with Crippen molar-refractivity contribution in [3.8, 4) is 0 Å². The minimum atomic E-state index is -4.09. The van der Waals surface area contributed by atoms with Gasteiger partial charge in [-0.1, -0.05) is 65.7 Å². The zero-order valence-corrected chi connectivity index (χ0v) is 24.2. The van der Waals surface area contributed by atoms with Crippen molar-refractivity contribution >= 4 is 55.1 Å². The van der Waals surface area contributed by atoms with Crippen LogP contribution in [0, 0.1) is 0 Å². The van der Waals surface area contributed by atoms with Crippen molar-refractivity contribution in [1.82, 2.24) is 14.0 Å². The second-order valence-electron chi connectivity index (χ2n) is 9.40. The Morgan fingerprint density at radius 3 is 2.12 bits per heavy atom. The van der Waals surface area contributed by atoms with Crippen LogP contribution in [0.4, 0.5) is 0 Å². The van der Waals surface area contributed by atoms with E-state index in [1.165, 1.54) is 29.3 Å². The first-order chi connectivity index (χ1) is 19.0. The van der Waals surface area contributed by atoms with Crippen LogP contribution in [0.1, 0.15) is 23.5 Å². The maximum Gasteiger partial charge on any atom is 0.276 e. The lowest BCUT2D eigenvalue weighted by Crippen LogP contribution is -2.42. The average molecular weight is 622 g/mol. The summed E-state index contributed by atoms with van der Waals surface area (Å²) in [6.45, 7) is 0.487. The summed E-state index contributed by atoms with van der Waals surface area (Å²) < 4.78 is 54.2. The molecule has 2 heterocycles. The molecule has 3 N–H and O–H groups in total. The molecule has 0 saturated carbocycles. The summed E-state index contributed by atoms with van der Waals surface area (Å²) >= 11 is 12.1. The van der Waals surface area contributed by atoms with Gasteiger partial charge in [-0.2, -0.15) is 17.8 Å². The number of halogens is 2. The molecule has 0 bridgehead atoms. The zero-order valence-electron chi connectivity index (χ0n) is 21.1. The van der Waals surface area contributed by atoms with Crippen LogP contribution in [-0.2, 0) is 20.2 Å². The quantitative estimate of drug-likeness (QED) is 0.321. The van der Waals surface area contributed by atoms with Gasteiger partial charge in [0.05, 0.1) is 23.2 Å². The lowest BCUT2D eigenvalue weighted by atomic mass is 9.91. The van der Waals surface area contributed by atoms with E-state index in [0.29, 0.717) is 22.2 Å². The molecule has 2 aliphatic heterocycles. The van der Waals surface area contributed by atoms with E-state index in [4.69, 9.17) is 33.4 Å². The van der Waals surface area contributed by atoms with Crippen LogP contribution >= 0.6 is 23.2 Å². The number of nitrogens with one attached hydrogen (secondary N) is 1. The Kier molecular flexibility index (Phi) is 8.18. The molecule has 2 unspecified atom stereocenters. The van der Waals surface area contributed by atoms with E-state index in [1.807, 2.05) is 42.5 Å². The Balaban J connectivity index is 1.55. The molecule has 5 rings (SSSR count). The number of hydrogen-bond acceptors (Lipinski definition) is 6. The number of benzene rings is 3. The van der Waals surface area contributed by atoms with Crippen LogP contribution < -0.4 is 9.86 Å². The highest BCUT2D eigenvalue weighted by Gasteiger charge is 2.35. The Hall–Kier alpha value is -3.00. The molecule has 1 fully saturated rings. The molecule has 0 radical (unpaired) electrons. The predicted octanol–water partition coefficient (Wildman–Crippen LogP) is 3.41. The number of guanidine groups is 1. The van der Waals surface area contributed by atoms with Gasteiger partial charge in [0.2, 0.25) is 5.96 Å². The molecule has 0 amide bonds. The van der Waals surface area contributed by atoms with Crippen molar-refractivity contribution in [3.63, 3.8) is 0 Å². The highest BCUT2D eigenvalue weighted by molar-refractivity contribution is 7.90. The summed E-state index contributed by atoms with van der Waals surface area (Å²) in [7, 11) is -8.00. The monoisotopic (exact) mass is 620 g/mol. The van der Waals surface area contributed by atoms with Gasteiger partial charge in [0, 0.05) is 29.1 Å². The number of rotatable bonds is 6. The molecule has 3 aromatic rings. The fourth-order valence-corrected chi connectivity index (χ4v) is 6.62. The van der Waals surface area contributed by atoms with Crippen LogP contribution in [0.25, 0.3) is 0 Å². The summed E-state index contributed by atoms with van der Waals surface area (Å²) in [4.78, 5) is 4.65. The maximum atomic E-state index is 13.4. The minimum absolute atomic E-state index is 0.0112. The lowest BCUT2D eigenvalue weighted by molar-refractivity contribution is 0.452. The fourth-order valence-electron chi connectivity index (χ4n) is 4.62. The molecular formula is C26H26Cl2N6O4S2. The molecule has 14 heteroatoms. The number of sulfonamides is 1. The van der Waals surface area contributed by atoms with Crippen molar-refractivity contribution in [1.29, 1.82) is 0 Å². The molecular weight excluding hydrogens is 595 g/mol. The van der Waals surface area contributed by atoms with Gasteiger partial charge in [-0.15, -0.1) is 0 Å². The predicted molar refractivity (Wildman–Crippen MR) is 156 cm³/mol. The molecule has 2 atom stereocenters. The summed E-state index contributed by atoms with van der Waals surface area (Å²) in [5.41, 5.74) is 2.51. The lowest BCUT2D eigenvalue weighted by Gasteiger charge is -2.21. The number of nitrogens with zero attached hydrogens (tertiary/aromatic N) is 4. The van der Waals surface area contributed by atoms with Crippen molar-refractivity contribution in [3.05, 3.63) is 100 Å². The largest absolute Gasteiger partial charge is 0.276 e. The second-order valence-corrected chi connectivity index (χ2v) is 13.5. The van der Waals surface area contributed by atoms with Gasteiger partial charge in [0.15, 0.2) is 0 Å². The summed E-state index contributed by atoms with van der Waals surface area (Å²) in [5, 5.41) is 12.6. The first kappa shape index (κ1) is 28.5. The smallest absolute Gasteiger partial charge is 0.248 e. The van der Waals surface area contributed by atoms with Gasteiger partial charge in [-0.05, 0) is 53.9 Å². The average Bonchev–Trinajstić information content (AvgIpc) is 3.57. The molecule has 40 heavy (non-hydrogen) atoms. The topological polar surface area (TPSA) is 138 Å². The van der Waals surface area contributed by atoms with E-state index < -0.39 is 26.3 Å². The first-order valence-electron chi connectivity index (χ1n) is 12.3. The van der Waals surface area contributed by atoms with E-state index in [9.17, 15) is 16.8 Å². The first-order valence-corrected chi connectivity index (χ1v) is 16.0. The standard InChI is InChI=1S/C26H26Cl2N6O4S2/c27-20-8-6-19(7-9-20)25-24(18-4-2-1-3-5-18)17-34(31-25)26(30-22-14-15-33(16-22)40(29,37)38)32-39(35,36)23-12-10-21(28)11-13-23/h1-13,22,24H,14-17H2,(H,30,32)(H2,29,37,38). The van der Waals surface area contributed by atoms with E-state index >= 15 is 0 Å². The van der Waals surface area contributed by atoms with E-state index in [-0.39, 0.29) is 36.4 Å². The van der Waals surface area contributed by atoms with E-state index in [0.717, 1.165) is 15.4 Å². The van der Waals surface area contributed by atoms with Gasteiger partial charge >= 0.3 is 0 Å². The SMILES string of the molecule is NS(=O)(=O)N1CCC(N=C(NS(=O)(=O)c2ccc(Cl)cc2)N2CC(c3ccccc3)C(c3ccc(Cl)cc3)=N2)C1. The molecule has 0 aromatic heterocycles. The van der Waals surface area contributed by atoms with Crippen LogP contribution in [0.5, 0.6) is 0 Å². The molecule has 0 aliphatic carbocycles. The molecule has 3 aromatic carbocycles. The van der Waals surface area contributed by atoms with Gasteiger partial charge < -0.3 is 0 Å². The second kappa shape index (κ2) is 11.5. The summed E-state index contributed by atoms with van der Waals surface area (Å²) in [6, 6.07) is 22.2. The van der Waals surface area contributed by atoms with Crippen molar-refractivity contribution in [2.24, 2.45) is 15.2 Å². The third kappa shape index (κ3) is 6.48. The molecule has 2 aliphatic rings. The Labute approximate surface area is 243 Å². The fraction of sp³-hybridized carbons (Fsp3) is 0.231. The third-order valence-electron chi connectivity index (χ3n) is 6.64. The Bertz CT molecular complexity index is 1650. The van der Waals surface area contributed by atoms with Crippen molar-refractivity contribution in [2.75, 3.05) is 19.6 Å². The van der Waals surface area contributed by atoms with Crippen LogP contribution in [0.3, 0.4) is 0 Å². The minimum Gasteiger partial charge on any atom is -0.248 e. The third-order valence-corrected chi connectivity index (χ3v) is 9.54. The highest BCUT2D eigenvalue weighted by Crippen LogP contribution is 2.30. The normalized spacial score (nSPS) is 20.5. The van der Waals surface area contributed by atoms with Gasteiger partial charge in [-0.25, -0.2) is 28.3 Å². The highest BCUT2D eigenvalue weighted by atomic mass is 35.5. The molecule has 210 valence electrons. The van der Waals surface area contributed by atoms with Crippen LogP contribution in [0.2, 0.25) is 10.0 Å². The van der Waals surface area contributed by atoms with Crippen LogP contribution in [-0.4, -0.2) is 63.5 Å². The van der Waals surface area contributed by atoms with Crippen LogP contribution in [0.15, 0.2) is 93.9 Å². The Morgan fingerprint density at radius 1 is 0.900 bits per heavy atom. The van der Waals surface area contributed by atoms with Crippen molar-refractivity contribution in [2.45, 2.75) is 23.3 Å². The molecule has 0 spiro atoms. The van der Waals surface area contributed by atoms with Crippen molar-refractivity contribution < 1.29 is 16.8 Å².